The standard InChI is InChI=1S/C19H29N5O/c1-13-14(2)21-16(22-17(13)24-9-4-15(20)12-24)18(25)23-10-7-19(8-11-23)5-3-6-19/h15H,3-12,20H2,1-2H3/t15-/m1/s1. The van der Waals surface area contributed by atoms with Gasteiger partial charge in [-0.25, -0.2) is 9.97 Å². The molecule has 2 saturated heterocycles. The molecule has 4 rings (SSSR count). The van der Waals surface area contributed by atoms with E-state index in [1.54, 1.807) is 0 Å². The fraction of sp³-hybridized carbons (Fsp3) is 0.737. The number of carbonyl (C=O) groups is 1. The predicted molar refractivity (Wildman–Crippen MR) is 97.7 cm³/mol. The smallest absolute Gasteiger partial charge is 0.291 e. The Bertz CT molecular complexity index is 675. The van der Waals surface area contributed by atoms with Crippen molar-refractivity contribution >= 4 is 11.7 Å². The molecule has 6 nitrogen and oxygen atoms in total. The maximum absolute atomic E-state index is 13.0. The van der Waals surface area contributed by atoms with Crippen molar-refractivity contribution in [1.82, 2.24) is 14.9 Å². The predicted octanol–water partition coefficient (Wildman–Crippen LogP) is 2.04. The van der Waals surface area contributed by atoms with Gasteiger partial charge >= 0.3 is 0 Å². The highest BCUT2D eigenvalue weighted by Gasteiger charge is 2.41. The van der Waals surface area contributed by atoms with E-state index in [0.29, 0.717) is 11.2 Å². The SMILES string of the molecule is Cc1nc(C(=O)N2CCC3(CCC3)CC2)nc(N2CC[C@@H](N)C2)c1C. The average Bonchev–Trinajstić information content (AvgIpc) is 3.01. The summed E-state index contributed by atoms with van der Waals surface area (Å²) in [6.45, 7) is 7.39. The minimum Gasteiger partial charge on any atom is -0.355 e. The maximum Gasteiger partial charge on any atom is 0.291 e. The van der Waals surface area contributed by atoms with Crippen molar-refractivity contribution in [2.24, 2.45) is 11.1 Å². The van der Waals surface area contributed by atoms with Gasteiger partial charge in [0.05, 0.1) is 0 Å². The fourth-order valence-electron chi connectivity index (χ4n) is 4.50. The number of amides is 1. The number of nitrogens with zero attached hydrogens (tertiary/aromatic N) is 4. The molecule has 2 N–H and O–H groups in total. The Morgan fingerprint density at radius 2 is 1.84 bits per heavy atom. The monoisotopic (exact) mass is 343 g/mol. The summed E-state index contributed by atoms with van der Waals surface area (Å²) >= 11 is 0. The summed E-state index contributed by atoms with van der Waals surface area (Å²) in [6.07, 6.45) is 7.29. The van der Waals surface area contributed by atoms with E-state index < -0.39 is 0 Å². The van der Waals surface area contributed by atoms with Crippen LogP contribution in [0.2, 0.25) is 0 Å². The molecule has 1 spiro atoms. The molecule has 2 aliphatic heterocycles. The Morgan fingerprint density at radius 1 is 1.12 bits per heavy atom. The van der Waals surface area contributed by atoms with Crippen LogP contribution in [0.3, 0.4) is 0 Å². The van der Waals surface area contributed by atoms with Gasteiger partial charge in [0.2, 0.25) is 5.82 Å². The second kappa shape index (κ2) is 6.24. The fourth-order valence-corrected chi connectivity index (χ4v) is 4.50. The van der Waals surface area contributed by atoms with Crippen molar-refractivity contribution < 1.29 is 4.79 Å². The first-order valence-electron chi connectivity index (χ1n) is 9.62. The highest BCUT2D eigenvalue weighted by Crippen LogP contribution is 2.48. The van der Waals surface area contributed by atoms with E-state index in [0.717, 1.165) is 62.5 Å². The lowest BCUT2D eigenvalue weighted by molar-refractivity contribution is 0.0279. The second-order valence-corrected chi connectivity index (χ2v) is 8.22. The topological polar surface area (TPSA) is 75.4 Å². The Hall–Kier alpha value is -1.69. The lowest BCUT2D eigenvalue weighted by atomic mass is 9.63. The molecule has 0 aromatic carbocycles. The van der Waals surface area contributed by atoms with Crippen LogP contribution in [-0.4, -0.2) is 53.0 Å². The highest BCUT2D eigenvalue weighted by molar-refractivity contribution is 5.91. The van der Waals surface area contributed by atoms with Crippen molar-refractivity contribution in [2.75, 3.05) is 31.1 Å². The zero-order valence-corrected chi connectivity index (χ0v) is 15.4. The molecule has 6 heteroatoms. The summed E-state index contributed by atoms with van der Waals surface area (Å²) in [7, 11) is 0. The van der Waals surface area contributed by atoms with Gasteiger partial charge in [0.25, 0.3) is 5.91 Å². The molecule has 0 bridgehead atoms. The minimum absolute atomic E-state index is 0.0120. The number of nitrogens with two attached hydrogens (primary N) is 1. The van der Waals surface area contributed by atoms with Crippen LogP contribution in [0.25, 0.3) is 0 Å². The Morgan fingerprint density at radius 3 is 2.40 bits per heavy atom. The lowest BCUT2D eigenvalue weighted by Gasteiger charge is -2.47. The van der Waals surface area contributed by atoms with E-state index in [9.17, 15) is 4.79 Å². The number of rotatable bonds is 2. The molecule has 3 aliphatic rings. The lowest BCUT2D eigenvalue weighted by Crippen LogP contribution is -2.46. The van der Waals surface area contributed by atoms with Gasteiger partial charge in [0, 0.05) is 43.5 Å². The molecular formula is C19H29N5O. The quantitative estimate of drug-likeness (QED) is 0.889. The van der Waals surface area contributed by atoms with Gasteiger partial charge in [0.1, 0.15) is 5.82 Å². The van der Waals surface area contributed by atoms with Crippen LogP contribution in [-0.2, 0) is 0 Å². The van der Waals surface area contributed by atoms with Crippen molar-refractivity contribution in [3.05, 3.63) is 17.1 Å². The Kier molecular flexibility index (Phi) is 4.18. The third kappa shape index (κ3) is 3.01. The Labute approximate surface area is 149 Å². The average molecular weight is 343 g/mol. The molecule has 0 radical (unpaired) electrons. The first-order chi connectivity index (χ1) is 12.0. The number of hydrogen-bond donors (Lipinski definition) is 1. The van der Waals surface area contributed by atoms with Crippen molar-refractivity contribution in [1.29, 1.82) is 0 Å². The van der Waals surface area contributed by atoms with E-state index in [1.807, 2.05) is 18.7 Å². The van der Waals surface area contributed by atoms with Crippen LogP contribution in [0.15, 0.2) is 0 Å². The van der Waals surface area contributed by atoms with E-state index >= 15 is 0 Å². The van der Waals surface area contributed by atoms with Crippen LogP contribution in [0.5, 0.6) is 0 Å². The number of piperidine rings is 1. The molecule has 3 heterocycles. The zero-order valence-electron chi connectivity index (χ0n) is 15.4. The molecule has 1 amide bonds. The summed E-state index contributed by atoms with van der Waals surface area (Å²) in [4.78, 5) is 26.3. The number of hydrogen-bond acceptors (Lipinski definition) is 5. The van der Waals surface area contributed by atoms with Gasteiger partial charge < -0.3 is 15.5 Å². The normalized spacial score (nSPS) is 25.3. The van der Waals surface area contributed by atoms with E-state index in [4.69, 9.17) is 5.73 Å². The van der Waals surface area contributed by atoms with Crippen molar-refractivity contribution in [3.63, 3.8) is 0 Å². The highest BCUT2D eigenvalue weighted by atomic mass is 16.2. The van der Waals surface area contributed by atoms with Gasteiger partial charge in [-0.15, -0.1) is 0 Å². The Balaban J connectivity index is 1.53. The summed E-state index contributed by atoms with van der Waals surface area (Å²) in [5.41, 5.74) is 8.53. The summed E-state index contributed by atoms with van der Waals surface area (Å²) in [6, 6.07) is 0.189. The molecule has 1 saturated carbocycles. The molecule has 136 valence electrons. The number of anilines is 1. The number of aryl methyl sites for hydroxylation is 1. The van der Waals surface area contributed by atoms with Crippen molar-refractivity contribution in [2.45, 2.75) is 58.4 Å². The number of carbonyl (C=O) groups excluding carboxylic acids is 1. The largest absolute Gasteiger partial charge is 0.355 e. The molecule has 25 heavy (non-hydrogen) atoms. The molecule has 0 unspecified atom stereocenters. The molecule has 1 aliphatic carbocycles. The van der Waals surface area contributed by atoms with Crippen LogP contribution < -0.4 is 10.6 Å². The third-order valence-corrected chi connectivity index (χ3v) is 6.60. The van der Waals surface area contributed by atoms with Crippen LogP contribution in [0.4, 0.5) is 5.82 Å². The van der Waals surface area contributed by atoms with Crippen LogP contribution in [0.1, 0.15) is 60.4 Å². The van der Waals surface area contributed by atoms with Gasteiger partial charge in [-0.05, 0) is 51.4 Å². The van der Waals surface area contributed by atoms with E-state index in [-0.39, 0.29) is 11.9 Å². The first kappa shape index (κ1) is 16.8. The molecule has 1 atom stereocenters. The zero-order chi connectivity index (χ0) is 17.6. The van der Waals surface area contributed by atoms with Gasteiger partial charge in [-0.1, -0.05) is 6.42 Å². The van der Waals surface area contributed by atoms with E-state index in [1.165, 1.54) is 19.3 Å². The van der Waals surface area contributed by atoms with Crippen molar-refractivity contribution in [3.8, 4) is 0 Å². The maximum atomic E-state index is 13.0. The third-order valence-electron chi connectivity index (χ3n) is 6.60. The molecule has 3 fully saturated rings. The van der Waals surface area contributed by atoms with Crippen LogP contribution in [0, 0.1) is 19.3 Å². The molecule has 1 aromatic heterocycles. The van der Waals surface area contributed by atoms with Gasteiger partial charge in [0.15, 0.2) is 0 Å². The minimum atomic E-state index is -0.0120. The number of likely N-dealkylation sites (tertiary alicyclic amines) is 1. The molecule has 1 aromatic rings. The summed E-state index contributed by atoms with van der Waals surface area (Å²) in [5, 5.41) is 0. The van der Waals surface area contributed by atoms with Gasteiger partial charge in [-0.2, -0.15) is 0 Å². The molecular weight excluding hydrogens is 314 g/mol. The van der Waals surface area contributed by atoms with Crippen LogP contribution >= 0.6 is 0 Å². The van der Waals surface area contributed by atoms with E-state index in [2.05, 4.69) is 14.9 Å². The second-order valence-electron chi connectivity index (χ2n) is 8.22. The summed E-state index contributed by atoms with van der Waals surface area (Å²) in [5.74, 6) is 1.22. The first-order valence-corrected chi connectivity index (χ1v) is 9.62. The summed E-state index contributed by atoms with van der Waals surface area (Å²) < 4.78 is 0. The van der Waals surface area contributed by atoms with Gasteiger partial charge in [-0.3, -0.25) is 4.79 Å². The number of aromatic nitrogens is 2.